The third-order valence-corrected chi connectivity index (χ3v) is 3.36. The fourth-order valence-corrected chi connectivity index (χ4v) is 2.22. The van der Waals surface area contributed by atoms with Gasteiger partial charge in [-0.2, -0.15) is 0 Å². The number of benzene rings is 1. The number of nitrogens with two attached hydrogens (primary N) is 2. The summed E-state index contributed by atoms with van der Waals surface area (Å²) in [7, 11) is 0. The Balaban J connectivity index is 1.98. The molecule has 0 aromatic heterocycles. The summed E-state index contributed by atoms with van der Waals surface area (Å²) in [5.41, 5.74) is 11.8. The number of ether oxygens (including phenoxy) is 2. The summed E-state index contributed by atoms with van der Waals surface area (Å²) in [5, 5.41) is 0. The van der Waals surface area contributed by atoms with Gasteiger partial charge in [0.2, 0.25) is 0 Å². The lowest BCUT2D eigenvalue weighted by molar-refractivity contribution is -0.0464. The second-order valence-electron chi connectivity index (χ2n) is 4.82. The van der Waals surface area contributed by atoms with Gasteiger partial charge in [0, 0.05) is 18.8 Å². The Morgan fingerprint density at radius 1 is 1.55 bits per heavy atom. The van der Waals surface area contributed by atoms with Gasteiger partial charge in [-0.3, -0.25) is 9.69 Å². The van der Waals surface area contributed by atoms with Crippen molar-refractivity contribution in [3.05, 3.63) is 23.8 Å². The highest BCUT2D eigenvalue weighted by molar-refractivity contribution is 5.96. The van der Waals surface area contributed by atoms with Crippen molar-refractivity contribution in [2.75, 3.05) is 38.6 Å². The van der Waals surface area contributed by atoms with E-state index in [0.717, 1.165) is 19.6 Å². The Morgan fingerprint density at radius 3 is 3.05 bits per heavy atom. The zero-order valence-electron chi connectivity index (χ0n) is 11.7. The fraction of sp³-hybridized carbons (Fsp3) is 0.500. The largest absolute Gasteiger partial charge is 0.490 e. The number of carbonyl (C=O) groups excluding carboxylic acids is 1. The van der Waals surface area contributed by atoms with Gasteiger partial charge in [-0.25, -0.2) is 0 Å². The van der Waals surface area contributed by atoms with Gasteiger partial charge in [-0.1, -0.05) is 6.92 Å². The van der Waals surface area contributed by atoms with Gasteiger partial charge in [0.05, 0.1) is 12.2 Å². The fourth-order valence-electron chi connectivity index (χ4n) is 2.22. The smallest absolute Gasteiger partial charge is 0.252 e. The maximum absolute atomic E-state index is 11.4. The Labute approximate surface area is 118 Å². The highest BCUT2D eigenvalue weighted by atomic mass is 16.5. The van der Waals surface area contributed by atoms with Gasteiger partial charge in [-0.05, 0) is 24.7 Å². The van der Waals surface area contributed by atoms with Gasteiger partial charge < -0.3 is 20.9 Å². The van der Waals surface area contributed by atoms with E-state index in [9.17, 15) is 4.79 Å². The third-order valence-electron chi connectivity index (χ3n) is 3.36. The summed E-state index contributed by atoms with van der Waals surface area (Å²) in [6.07, 6.45) is 0.00183. The normalized spacial score (nSPS) is 19.8. The van der Waals surface area contributed by atoms with Crippen LogP contribution in [0, 0.1) is 0 Å². The molecule has 6 nitrogen and oxygen atoms in total. The van der Waals surface area contributed by atoms with Crippen molar-refractivity contribution in [1.82, 2.24) is 4.90 Å². The van der Waals surface area contributed by atoms with Gasteiger partial charge in [-0.15, -0.1) is 0 Å². The predicted molar refractivity (Wildman–Crippen MR) is 76.7 cm³/mol. The van der Waals surface area contributed by atoms with E-state index < -0.39 is 5.91 Å². The van der Waals surface area contributed by atoms with Gasteiger partial charge in [0.25, 0.3) is 5.91 Å². The number of carbonyl (C=O) groups is 1. The van der Waals surface area contributed by atoms with Crippen molar-refractivity contribution < 1.29 is 14.3 Å². The molecular formula is C14H21N3O3. The Bertz CT molecular complexity index is 479. The maximum atomic E-state index is 11.4. The number of rotatable bonds is 5. The number of primary amides is 1. The highest BCUT2D eigenvalue weighted by Gasteiger charge is 2.20. The molecule has 0 saturated carbocycles. The standard InChI is InChI=1S/C14H21N3O3/c1-2-17-5-6-19-11(8-17)9-20-13-4-3-10(15)7-12(13)14(16)18/h3-4,7,11H,2,5-6,8-9,15H2,1H3,(H2,16,18). The van der Waals surface area contributed by atoms with Crippen molar-refractivity contribution >= 4 is 11.6 Å². The van der Waals surface area contributed by atoms with E-state index in [1.54, 1.807) is 12.1 Å². The molecule has 1 heterocycles. The van der Waals surface area contributed by atoms with E-state index in [0.29, 0.717) is 30.2 Å². The summed E-state index contributed by atoms with van der Waals surface area (Å²) < 4.78 is 11.3. The van der Waals surface area contributed by atoms with E-state index in [4.69, 9.17) is 20.9 Å². The zero-order valence-corrected chi connectivity index (χ0v) is 11.7. The van der Waals surface area contributed by atoms with E-state index in [1.807, 2.05) is 0 Å². The molecule has 0 aliphatic carbocycles. The topological polar surface area (TPSA) is 90.8 Å². The third kappa shape index (κ3) is 3.61. The van der Waals surface area contributed by atoms with E-state index in [1.165, 1.54) is 6.07 Å². The molecule has 1 saturated heterocycles. The summed E-state index contributed by atoms with van der Waals surface area (Å²) in [6, 6.07) is 4.87. The average Bonchev–Trinajstić information content (AvgIpc) is 2.46. The summed E-state index contributed by atoms with van der Waals surface area (Å²) >= 11 is 0. The van der Waals surface area contributed by atoms with Crippen molar-refractivity contribution in [1.29, 1.82) is 0 Å². The molecule has 1 unspecified atom stereocenters. The molecule has 0 radical (unpaired) electrons. The van der Waals surface area contributed by atoms with Crippen molar-refractivity contribution in [2.24, 2.45) is 5.73 Å². The number of morpholine rings is 1. The first-order chi connectivity index (χ1) is 9.60. The van der Waals surface area contributed by atoms with Crippen molar-refractivity contribution in [2.45, 2.75) is 13.0 Å². The first-order valence-corrected chi connectivity index (χ1v) is 6.76. The first kappa shape index (κ1) is 14.6. The molecule has 0 spiro atoms. The summed E-state index contributed by atoms with van der Waals surface area (Å²) in [6.45, 7) is 5.98. The molecule has 6 heteroatoms. The molecule has 4 N–H and O–H groups in total. The predicted octanol–water partition coefficient (Wildman–Crippen LogP) is 0.467. The average molecular weight is 279 g/mol. The number of nitrogens with zero attached hydrogens (tertiary/aromatic N) is 1. The van der Waals surface area contributed by atoms with Crippen LogP contribution in [0.2, 0.25) is 0 Å². The number of nitrogen functional groups attached to an aromatic ring is 1. The minimum absolute atomic E-state index is 0.00183. The lowest BCUT2D eigenvalue weighted by Gasteiger charge is -2.31. The number of likely N-dealkylation sites (N-methyl/N-ethyl adjacent to an activating group) is 1. The zero-order chi connectivity index (χ0) is 14.5. The SMILES string of the molecule is CCN1CCOC(COc2ccc(N)cc2C(N)=O)C1. The molecule has 110 valence electrons. The molecule has 1 amide bonds. The van der Waals surface area contributed by atoms with Crippen LogP contribution in [0.3, 0.4) is 0 Å². The second kappa shape index (κ2) is 6.58. The lowest BCUT2D eigenvalue weighted by atomic mass is 10.1. The van der Waals surface area contributed by atoms with Gasteiger partial charge in [0.15, 0.2) is 0 Å². The molecule has 1 fully saturated rings. The molecule has 1 aliphatic heterocycles. The van der Waals surface area contributed by atoms with Crippen LogP contribution in [0.1, 0.15) is 17.3 Å². The molecule has 20 heavy (non-hydrogen) atoms. The quantitative estimate of drug-likeness (QED) is 0.764. The monoisotopic (exact) mass is 279 g/mol. The molecule has 1 aliphatic rings. The van der Waals surface area contributed by atoms with E-state index in [2.05, 4.69) is 11.8 Å². The number of hydrogen-bond acceptors (Lipinski definition) is 5. The van der Waals surface area contributed by atoms with Gasteiger partial charge in [0.1, 0.15) is 18.5 Å². The number of anilines is 1. The van der Waals surface area contributed by atoms with Crippen LogP contribution >= 0.6 is 0 Å². The van der Waals surface area contributed by atoms with Crippen LogP contribution in [0.25, 0.3) is 0 Å². The molecule has 1 aromatic carbocycles. The van der Waals surface area contributed by atoms with E-state index in [-0.39, 0.29) is 6.10 Å². The molecular weight excluding hydrogens is 258 g/mol. The van der Waals surface area contributed by atoms with Crippen molar-refractivity contribution in [3.63, 3.8) is 0 Å². The highest BCUT2D eigenvalue weighted by Crippen LogP contribution is 2.21. The molecule has 0 bridgehead atoms. The van der Waals surface area contributed by atoms with Crippen LogP contribution in [0.4, 0.5) is 5.69 Å². The van der Waals surface area contributed by atoms with Crippen LogP contribution in [-0.2, 0) is 4.74 Å². The number of amides is 1. The molecule has 1 atom stereocenters. The van der Waals surface area contributed by atoms with Gasteiger partial charge >= 0.3 is 0 Å². The minimum Gasteiger partial charge on any atom is -0.490 e. The first-order valence-electron chi connectivity index (χ1n) is 6.76. The number of hydrogen-bond donors (Lipinski definition) is 2. The van der Waals surface area contributed by atoms with Crippen molar-refractivity contribution in [3.8, 4) is 5.75 Å². The Hall–Kier alpha value is -1.79. The summed E-state index contributed by atoms with van der Waals surface area (Å²) in [5.74, 6) is -0.101. The Kier molecular flexibility index (Phi) is 4.81. The lowest BCUT2D eigenvalue weighted by Crippen LogP contribution is -2.44. The summed E-state index contributed by atoms with van der Waals surface area (Å²) in [4.78, 5) is 13.7. The van der Waals surface area contributed by atoms with Crippen LogP contribution in [-0.4, -0.2) is 49.8 Å². The molecule has 2 rings (SSSR count). The minimum atomic E-state index is -0.549. The van der Waals surface area contributed by atoms with Crippen LogP contribution in [0.15, 0.2) is 18.2 Å². The van der Waals surface area contributed by atoms with Crippen LogP contribution < -0.4 is 16.2 Å². The maximum Gasteiger partial charge on any atom is 0.252 e. The molecule has 1 aromatic rings. The van der Waals surface area contributed by atoms with Crippen LogP contribution in [0.5, 0.6) is 5.75 Å². The van der Waals surface area contributed by atoms with E-state index >= 15 is 0 Å². The second-order valence-corrected chi connectivity index (χ2v) is 4.82. The Morgan fingerprint density at radius 2 is 2.35 bits per heavy atom.